The van der Waals surface area contributed by atoms with Crippen LogP contribution in [0, 0.1) is 0 Å². The van der Waals surface area contributed by atoms with Gasteiger partial charge >= 0.3 is 0 Å². The van der Waals surface area contributed by atoms with Gasteiger partial charge in [-0.15, -0.1) is 0 Å². The maximum absolute atomic E-state index is 11.6. The Morgan fingerprint density at radius 1 is 0.767 bits per heavy atom. The van der Waals surface area contributed by atoms with E-state index in [4.69, 9.17) is 0 Å². The molecule has 3 aromatic carbocycles. The van der Waals surface area contributed by atoms with Crippen molar-refractivity contribution in [2.24, 2.45) is 0 Å². The van der Waals surface area contributed by atoms with Gasteiger partial charge in [0.1, 0.15) is 0 Å². The second-order valence-corrected chi connectivity index (χ2v) is 8.96. The third-order valence-electron chi connectivity index (χ3n) is 6.52. The molecule has 156 valence electrons. The van der Waals surface area contributed by atoms with Gasteiger partial charge in [-0.1, -0.05) is 91.0 Å². The molecule has 0 saturated carbocycles. The summed E-state index contributed by atoms with van der Waals surface area (Å²) >= 11 is 0. The molecule has 0 bridgehead atoms. The van der Waals surface area contributed by atoms with Gasteiger partial charge in [-0.2, -0.15) is 0 Å². The van der Waals surface area contributed by atoms with Gasteiger partial charge < -0.3 is 5.11 Å². The van der Waals surface area contributed by atoms with Crippen LogP contribution in [0.25, 0.3) is 0 Å². The van der Waals surface area contributed by atoms with Crippen LogP contribution in [-0.2, 0) is 19.3 Å². The monoisotopic (exact) mass is 399 g/mol. The number of aliphatic hydroxyl groups is 1. The Kier molecular flexibility index (Phi) is 6.66. The normalized spacial score (nSPS) is 24.6. The van der Waals surface area contributed by atoms with Crippen LogP contribution in [0.5, 0.6) is 0 Å². The number of hydrogen-bond donors (Lipinski definition) is 1. The number of nitrogens with zero attached hydrogens (tertiary/aromatic N) is 1. The summed E-state index contributed by atoms with van der Waals surface area (Å²) < 4.78 is 0. The van der Waals surface area contributed by atoms with E-state index in [1.165, 1.54) is 16.7 Å². The fraction of sp³-hybridized carbons (Fsp3) is 0.357. The highest BCUT2D eigenvalue weighted by Crippen LogP contribution is 2.35. The van der Waals surface area contributed by atoms with Gasteiger partial charge in [-0.3, -0.25) is 4.90 Å². The van der Waals surface area contributed by atoms with Crippen LogP contribution in [0.3, 0.4) is 0 Å². The van der Waals surface area contributed by atoms with E-state index in [2.05, 4.69) is 96.8 Å². The minimum Gasteiger partial charge on any atom is -0.389 e. The van der Waals surface area contributed by atoms with Gasteiger partial charge in [0.2, 0.25) is 0 Å². The van der Waals surface area contributed by atoms with Crippen LogP contribution >= 0.6 is 0 Å². The minimum absolute atomic E-state index is 0.341. The van der Waals surface area contributed by atoms with Crippen molar-refractivity contribution < 1.29 is 5.11 Å². The predicted octanol–water partition coefficient (Wildman–Crippen LogP) is 5.30. The molecule has 0 aromatic heterocycles. The van der Waals surface area contributed by atoms with E-state index in [0.29, 0.717) is 12.1 Å². The van der Waals surface area contributed by atoms with Crippen LogP contribution in [-0.4, -0.2) is 34.2 Å². The Morgan fingerprint density at radius 2 is 1.30 bits per heavy atom. The maximum Gasteiger partial charge on any atom is 0.0717 e. The standard InChI is InChI=1S/C28H33NO/c1-23-20-28(30,21-26-15-9-4-10-16-26)22-27(19-25-13-7-3-8-14-25)29(23)18-17-24-11-5-2-6-12-24/h2-16,23,27,30H,17-22H2,1H3. The number of likely N-dealkylation sites (tertiary alicyclic amines) is 1. The molecule has 1 saturated heterocycles. The molecular formula is C28H33NO. The molecule has 3 unspecified atom stereocenters. The summed E-state index contributed by atoms with van der Waals surface area (Å²) in [7, 11) is 0. The van der Waals surface area contributed by atoms with E-state index in [0.717, 1.165) is 38.6 Å². The lowest BCUT2D eigenvalue weighted by molar-refractivity contribution is -0.0695. The van der Waals surface area contributed by atoms with E-state index >= 15 is 0 Å². The average Bonchev–Trinajstić information content (AvgIpc) is 2.75. The highest BCUT2D eigenvalue weighted by molar-refractivity contribution is 5.21. The van der Waals surface area contributed by atoms with E-state index in [1.807, 2.05) is 6.07 Å². The zero-order valence-corrected chi connectivity index (χ0v) is 18.0. The minimum atomic E-state index is -0.649. The molecule has 1 N–H and O–H groups in total. The smallest absolute Gasteiger partial charge is 0.0717 e. The molecule has 0 amide bonds. The summed E-state index contributed by atoms with van der Waals surface area (Å²) in [4.78, 5) is 2.64. The first-order chi connectivity index (χ1) is 14.6. The molecular weight excluding hydrogens is 366 g/mol. The van der Waals surface area contributed by atoms with Crippen molar-refractivity contribution >= 4 is 0 Å². The lowest BCUT2D eigenvalue weighted by atomic mass is 9.77. The van der Waals surface area contributed by atoms with Crippen molar-refractivity contribution in [1.29, 1.82) is 0 Å². The van der Waals surface area contributed by atoms with E-state index in [1.54, 1.807) is 0 Å². The summed E-state index contributed by atoms with van der Waals surface area (Å²) in [6.07, 6.45) is 4.40. The quantitative estimate of drug-likeness (QED) is 0.583. The molecule has 1 aliphatic heterocycles. The Balaban J connectivity index is 1.52. The molecule has 1 heterocycles. The number of rotatable bonds is 7. The van der Waals surface area contributed by atoms with Gasteiger partial charge in [-0.25, -0.2) is 0 Å². The van der Waals surface area contributed by atoms with Crippen molar-refractivity contribution in [2.45, 2.75) is 56.7 Å². The van der Waals surface area contributed by atoms with Gasteiger partial charge in [0, 0.05) is 25.0 Å². The Hall–Kier alpha value is -2.42. The largest absolute Gasteiger partial charge is 0.389 e. The Morgan fingerprint density at radius 3 is 1.90 bits per heavy atom. The fourth-order valence-electron chi connectivity index (χ4n) is 5.17. The lowest BCUT2D eigenvalue weighted by Gasteiger charge is -2.48. The van der Waals surface area contributed by atoms with E-state index in [-0.39, 0.29) is 0 Å². The first kappa shape index (κ1) is 20.8. The van der Waals surface area contributed by atoms with Gasteiger partial charge in [-0.05, 0) is 49.3 Å². The highest BCUT2D eigenvalue weighted by Gasteiger charge is 2.41. The molecule has 3 atom stereocenters. The van der Waals surface area contributed by atoms with Crippen LogP contribution in [0.15, 0.2) is 91.0 Å². The highest BCUT2D eigenvalue weighted by atomic mass is 16.3. The average molecular weight is 400 g/mol. The molecule has 3 aromatic rings. The van der Waals surface area contributed by atoms with Crippen molar-refractivity contribution in [3.05, 3.63) is 108 Å². The van der Waals surface area contributed by atoms with Crippen molar-refractivity contribution in [3.8, 4) is 0 Å². The first-order valence-electron chi connectivity index (χ1n) is 11.2. The summed E-state index contributed by atoms with van der Waals surface area (Å²) in [5.41, 5.74) is 3.31. The zero-order chi connectivity index (χ0) is 20.8. The Labute approximate surface area is 181 Å². The predicted molar refractivity (Wildman–Crippen MR) is 125 cm³/mol. The molecule has 4 rings (SSSR count). The van der Waals surface area contributed by atoms with Gasteiger partial charge in [0.25, 0.3) is 0 Å². The van der Waals surface area contributed by atoms with Crippen LogP contribution in [0.4, 0.5) is 0 Å². The molecule has 1 aliphatic rings. The molecule has 2 heteroatoms. The van der Waals surface area contributed by atoms with Crippen LogP contribution in [0.1, 0.15) is 36.5 Å². The molecule has 1 fully saturated rings. The summed E-state index contributed by atoms with van der Waals surface area (Å²) in [5, 5.41) is 11.6. The van der Waals surface area contributed by atoms with E-state index in [9.17, 15) is 5.11 Å². The lowest BCUT2D eigenvalue weighted by Crippen LogP contribution is -2.56. The van der Waals surface area contributed by atoms with Crippen LogP contribution in [0.2, 0.25) is 0 Å². The maximum atomic E-state index is 11.6. The topological polar surface area (TPSA) is 23.5 Å². The van der Waals surface area contributed by atoms with Crippen molar-refractivity contribution in [2.75, 3.05) is 6.54 Å². The first-order valence-corrected chi connectivity index (χ1v) is 11.2. The van der Waals surface area contributed by atoms with Gasteiger partial charge in [0.05, 0.1) is 5.60 Å². The zero-order valence-electron chi connectivity index (χ0n) is 18.0. The van der Waals surface area contributed by atoms with Crippen molar-refractivity contribution in [1.82, 2.24) is 4.90 Å². The third kappa shape index (κ3) is 5.38. The van der Waals surface area contributed by atoms with Gasteiger partial charge in [0.15, 0.2) is 0 Å². The summed E-state index contributed by atoms with van der Waals surface area (Å²) in [6.45, 7) is 3.32. The second kappa shape index (κ2) is 9.59. The SMILES string of the molecule is CC1CC(O)(Cc2ccccc2)CC(Cc2ccccc2)N1CCc1ccccc1. The second-order valence-electron chi connectivity index (χ2n) is 8.96. The summed E-state index contributed by atoms with van der Waals surface area (Å²) in [6, 6.07) is 32.6. The molecule has 0 aliphatic carbocycles. The molecule has 2 nitrogen and oxygen atoms in total. The number of benzene rings is 3. The van der Waals surface area contributed by atoms with Crippen molar-refractivity contribution in [3.63, 3.8) is 0 Å². The Bertz CT molecular complexity index is 896. The molecule has 30 heavy (non-hydrogen) atoms. The molecule has 0 radical (unpaired) electrons. The number of hydrogen-bond acceptors (Lipinski definition) is 2. The summed E-state index contributed by atoms with van der Waals surface area (Å²) in [5.74, 6) is 0. The number of piperidine rings is 1. The van der Waals surface area contributed by atoms with Crippen LogP contribution < -0.4 is 0 Å². The van der Waals surface area contributed by atoms with E-state index < -0.39 is 5.60 Å². The molecule has 0 spiro atoms. The fourth-order valence-corrected chi connectivity index (χ4v) is 5.17. The third-order valence-corrected chi connectivity index (χ3v) is 6.52.